The minimum atomic E-state index is -1.27. The quantitative estimate of drug-likeness (QED) is 0.441. The topological polar surface area (TPSA) is 87.0 Å². The zero-order valence-electron chi connectivity index (χ0n) is 18.9. The number of fused-ring (bicyclic) bond motifs is 1. The van der Waals surface area contributed by atoms with Gasteiger partial charge in [-0.1, -0.05) is 18.2 Å². The van der Waals surface area contributed by atoms with E-state index < -0.39 is 5.60 Å². The molecule has 0 saturated carbocycles. The van der Waals surface area contributed by atoms with Crippen LogP contribution in [0.2, 0.25) is 0 Å². The Kier molecular flexibility index (Phi) is 6.26. The Labute approximate surface area is 196 Å². The van der Waals surface area contributed by atoms with Gasteiger partial charge in [0.1, 0.15) is 11.4 Å². The highest BCUT2D eigenvalue weighted by Gasteiger charge is 2.42. The number of likely N-dealkylation sites (tertiary alicyclic amines) is 1. The number of aromatic nitrogens is 4. The van der Waals surface area contributed by atoms with Gasteiger partial charge in [-0.15, -0.1) is 0 Å². The summed E-state index contributed by atoms with van der Waals surface area (Å²) in [4.78, 5) is 26.3. The molecule has 176 valence electrons. The fourth-order valence-corrected chi connectivity index (χ4v) is 5.11. The summed E-state index contributed by atoms with van der Waals surface area (Å²) in [7, 11) is 0. The lowest BCUT2D eigenvalue weighted by Gasteiger charge is -2.41. The highest BCUT2D eigenvalue weighted by molar-refractivity contribution is 5.69. The standard InChI is InChI=1S/C26H28FN5O2/c27-21-9-7-19(8-10-21)26(34,23-6-1-2-13-28-23)20-11-17-31(18-12-20)15-4-16-32-24-22(30-25(32)33)5-3-14-29-24/h1-3,5-10,13-14,20,34H,4,11-12,15-18H2,(H,30,33). The minimum Gasteiger partial charge on any atom is -0.378 e. The molecule has 2 N–H and O–H groups in total. The SMILES string of the molecule is O=c1[nH]c2cccnc2n1CCCN1CCC(C(O)(c2ccc(F)cc2)c2ccccn2)CC1. The summed E-state index contributed by atoms with van der Waals surface area (Å²) in [6, 6.07) is 15.3. The predicted molar refractivity (Wildman–Crippen MR) is 128 cm³/mol. The van der Waals surface area contributed by atoms with Crippen LogP contribution in [0.4, 0.5) is 4.39 Å². The summed E-state index contributed by atoms with van der Waals surface area (Å²) in [5.74, 6) is -0.365. The Balaban J connectivity index is 1.25. The lowest BCUT2D eigenvalue weighted by Crippen LogP contribution is -2.45. The normalized spacial score (nSPS) is 17.1. The van der Waals surface area contributed by atoms with Gasteiger partial charge in [-0.25, -0.2) is 14.2 Å². The summed E-state index contributed by atoms with van der Waals surface area (Å²) in [6.45, 7) is 3.13. The average Bonchev–Trinajstić information content (AvgIpc) is 3.20. The molecule has 1 saturated heterocycles. The van der Waals surface area contributed by atoms with Crippen LogP contribution in [0.1, 0.15) is 30.5 Å². The van der Waals surface area contributed by atoms with Gasteiger partial charge in [0.05, 0.1) is 11.2 Å². The van der Waals surface area contributed by atoms with E-state index in [9.17, 15) is 14.3 Å². The Morgan fingerprint density at radius 1 is 1.00 bits per heavy atom. The second kappa shape index (κ2) is 9.48. The second-order valence-corrected chi connectivity index (χ2v) is 8.91. The van der Waals surface area contributed by atoms with Gasteiger partial charge >= 0.3 is 5.69 Å². The van der Waals surface area contributed by atoms with Crippen molar-refractivity contribution in [2.75, 3.05) is 19.6 Å². The number of H-pyrrole nitrogens is 1. The van der Waals surface area contributed by atoms with Crippen molar-refractivity contribution in [2.45, 2.75) is 31.4 Å². The lowest BCUT2D eigenvalue weighted by molar-refractivity contribution is -0.0177. The van der Waals surface area contributed by atoms with E-state index in [-0.39, 0.29) is 17.4 Å². The summed E-state index contributed by atoms with van der Waals surface area (Å²) >= 11 is 0. The summed E-state index contributed by atoms with van der Waals surface area (Å²) in [6.07, 6.45) is 5.79. The number of rotatable bonds is 7. The number of piperidine rings is 1. The number of benzene rings is 1. The van der Waals surface area contributed by atoms with Crippen molar-refractivity contribution in [2.24, 2.45) is 5.92 Å². The molecule has 7 nitrogen and oxygen atoms in total. The molecule has 5 rings (SSSR count). The van der Waals surface area contributed by atoms with Gasteiger partial charge in [-0.05, 0) is 80.9 Å². The van der Waals surface area contributed by atoms with Crippen molar-refractivity contribution < 1.29 is 9.50 Å². The van der Waals surface area contributed by atoms with Gasteiger partial charge in [0.25, 0.3) is 0 Å². The number of nitrogens with zero attached hydrogens (tertiary/aromatic N) is 4. The first kappa shape index (κ1) is 22.4. The highest BCUT2D eigenvalue weighted by Crippen LogP contribution is 2.41. The first-order valence-corrected chi connectivity index (χ1v) is 11.7. The van der Waals surface area contributed by atoms with Gasteiger partial charge in [0.15, 0.2) is 5.65 Å². The number of halogens is 1. The van der Waals surface area contributed by atoms with Crippen molar-refractivity contribution in [3.63, 3.8) is 0 Å². The molecular formula is C26H28FN5O2. The lowest BCUT2D eigenvalue weighted by atomic mass is 9.74. The van der Waals surface area contributed by atoms with Gasteiger partial charge < -0.3 is 15.0 Å². The highest BCUT2D eigenvalue weighted by atomic mass is 19.1. The van der Waals surface area contributed by atoms with Crippen molar-refractivity contribution in [1.29, 1.82) is 0 Å². The average molecular weight is 462 g/mol. The summed E-state index contributed by atoms with van der Waals surface area (Å²) < 4.78 is 15.3. The van der Waals surface area contributed by atoms with Crippen LogP contribution in [0, 0.1) is 11.7 Å². The van der Waals surface area contributed by atoms with E-state index in [1.54, 1.807) is 29.1 Å². The summed E-state index contributed by atoms with van der Waals surface area (Å²) in [5, 5.41) is 11.9. The van der Waals surface area contributed by atoms with E-state index in [2.05, 4.69) is 19.9 Å². The number of pyridine rings is 2. The fourth-order valence-electron chi connectivity index (χ4n) is 5.11. The molecule has 1 fully saturated rings. The maximum atomic E-state index is 13.6. The second-order valence-electron chi connectivity index (χ2n) is 8.91. The van der Waals surface area contributed by atoms with Crippen molar-refractivity contribution in [3.05, 3.63) is 94.5 Å². The van der Waals surface area contributed by atoms with Crippen molar-refractivity contribution >= 4 is 11.2 Å². The maximum absolute atomic E-state index is 13.6. The fraction of sp³-hybridized carbons (Fsp3) is 0.346. The number of hydrogen-bond donors (Lipinski definition) is 2. The Morgan fingerprint density at radius 2 is 1.76 bits per heavy atom. The van der Waals surface area contributed by atoms with E-state index in [0.29, 0.717) is 23.4 Å². The summed E-state index contributed by atoms with van der Waals surface area (Å²) in [5.41, 5.74) is 1.29. The number of aromatic amines is 1. The zero-order chi connectivity index (χ0) is 23.5. The molecule has 8 heteroatoms. The van der Waals surface area contributed by atoms with Crippen LogP contribution in [-0.2, 0) is 12.1 Å². The predicted octanol–water partition coefficient (Wildman–Crippen LogP) is 3.30. The largest absolute Gasteiger partial charge is 0.378 e. The molecule has 34 heavy (non-hydrogen) atoms. The number of nitrogens with one attached hydrogen (secondary N) is 1. The van der Waals surface area contributed by atoms with E-state index in [0.717, 1.165) is 44.4 Å². The van der Waals surface area contributed by atoms with Crippen LogP contribution >= 0.6 is 0 Å². The maximum Gasteiger partial charge on any atom is 0.327 e. The molecule has 0 amide bonds. The third-order valence-corrected chi connectivity index (χ3v) is 6.90. The van der Waals surface area contributed by atoms with Gasteiger partial charge in [-0.2, -0.15) is 0 Å². The zero-order valence-corrected chi connectivity index (χ0v) is 18.9. The number of aliphatic hydroxyl groups is 1. The smallest absolute Gasteiger partial charge is 0.327 e. The molecule has 0 radical (unpaired) electrons. The van der Waals surface area contributed by atoms with Crippen LogP contribution in [0.15, 0.2) is 71.8 Å². The van der Waals surface area contributed by atoms with Crippen LogP contribution < -0.4 is 5.69 Å². The van der Waals surface area contributed by atoms with Gasteiger partial charge in [0, 0.05) is 24.9 Å². The molecule has 0 aliphatic carbocycles. The molecule has 1 aliphatic heterocycles. The molecule has 3 aromatic heterocycles. The number of imidazole rings is 1. The molecule has 1 atom stereocenters. The molecular weight excluding hydrogens is 433 g/mol. The monoisotopic (exact) mass is 461 g/mol. The van der Waals surface area contributed by atoms with Crippen LogP contribution in [-0.4, -0.2) is 49.2 Å². The van der Waals surface area contributed by atoms with Crippen LogP contribution in [0.25, 0.3) is 11.2 Å². The van der Waals surface area contributed by atoms with Crippen LogP contribution in [0.5, 0.6) is 0 Å². The Hall–Kier alpha value is -3.36. The third-order valence-electron chi connectivity index (χ3n) is 6.90. The van der Waals surface area contributed by atoms with E-state index >= 15 is 0 Å². The molecule has 1 unspecified atom stereocenters. The van der Waals surface area contributed by atoms with Crippen molar-refractivity contribution in [3.8, 4) is 0 Å². The first-order chi connectivity index (χ1) is 16.6. The molecule has 4 aromatic rings. The molecule has 1 aromatic carbocycles. The van der Waals surface area contributed by atoms with E-state index in [1.165, 1.54) is 12.1 Å². The molecule has 0 spiro atoms. The Morgan fingerprint density at radius 3 is 2.50 bits per heavy atom. The first-order valence-electron chi connectivity index (χ1n) is 11.7. The van der Waals surface area contributed by atoms with E-state index in [1.807, 2.05) is 30.3 Å². The third kappa shape index (κ3) is 4.26. The molecule has 0 bridgehead atoms. The van der Waals surface area contributed by atoms with Crippen molar-refractivity contribution in [1.82, 2.24) is 24.4 Å². The number of hydrogen-bond acceptors (Lipinski definition) is 5. The number of aryl methyl sites for hydroxylation is 1. The van der Waals surface area contributed by atoms with Crippen LogP contribution in [0.3, 0.4) is 0 Å². The molecule has 4 heterocycles. The Bertz CT molecular complexity index is 1300. The minimum absolute atomic E-state index is 0.0375. The van der Waals surface area contributed by atoms with Gasteiger partial charge in [-0.3, -0.25) is 9.55 Å². The van der Waals surface area contributed by atoms with Gasteiger partial charge in [0.2, 0.25) is 0 Å². The van der Waals surface area contributed by atoms with E-state index in [4.69, 9.17) is 0 Å². The molecule has 1 aliphatic rings.